The van der Waals surface area contributed by atoms with Crippen LogP contribution in [0.1, 0.15) is 17.9 Å². The van der Waals surface area contributed by atoms with Crippen LogP contribution in [0.25, 0.3) is 0 Å². The van der Waals surface area contributed by atoms with E-state index in [0.29, 0.717) is 12.0 Å². The number of halogens is 1. The maximum absolute atomic E-state index is 14.2. The van der Waals surface area contributed by atoms with Gasteiger partial charge in [-0.2, -0.15) is 4.31 Å². The molecule has 22 heavy (non-hydrogen) atoms. The Morgan fingerprint density at radius 2 is 2.27 bits per heavy atom. The molecule has 1 fully saturated rings. The number of sulfonamides is 1. The summed E-state index contributed by atoms with van der Waals surface area (Å²) in [7, 11) is -3.31. The first-order valence-electron chi connectivity index (χ1n) is 6.71. The largest absolute Gasteiger partial charge is 0.465 e. The first-order valence-corrected chi connectivity index (χ1v) is 8.32. The van der Waals surface area contributed by atoms with Crippen LogP contribution in [-0.2, 0) is 10.0 Å². The average molecular weight is 328 g/mol. The van der Waals surface area contributed by atoms with Gasteiger partial charge < -0.3 is 5.11 Å². The molecule has 1 aliphatic rings. The monoisotopic (exact) mass is 328 g/mol. The average Bonchev–Trinajstić information content (AvgIpc) is 2.41. The number of amides is 1. The van der Waals surface area contributed by atoms with E-state index in [2.05, 4.69) is 11.9 Å². The van der Waals surface area contributed by atoms with Crippen LogP contribution in [0.15, 0.2) is 30.9 Å². The number of carbonyl (C=O) groups is 1. The Morgan fingerprint density at radius 3 is 2.86 bits per heavy atom. The number of carboxylic acid groups (broad SMARTS) is 1. The third kappa shape index (κ3) is 3.63. The van der Waals surface area contributed by atoms with E-state index in [9.17, 15) is 17.6 Å². The van der Waals surface area contributed by atoms with Crippen molar-refractivity contribution < 1.29 is 22.7 Å². The molecule has 0 saturated carbocycles. The van der Waals surface area contributed by atoms with Crippen LogP contribution in [0.2, 0.25) is 0 Å². The minimum absolute atomic E-state index is 0.0416. The van der Waals surface area contributed by atoms with E-state index in [1.54, 1.807) is 0 Å². The molecule has 6 nitrogen and oxygen atoms in total. The lowest BCUT2D eigenvalue weighted by atomic mass is 9.95. The molecular weight excluding hydrogens is 311 g/mol. The van der Waals surface area contributed by atoms with Crippen LogP contribution >= 0.6 is 0 Å². The van der Waals surface area contributed by atoms with Crippen LogP contribution < -0.4 is 5.32 Å². The molecule has 0 aliphatic carbocycles. The molecule has 1 aromatic rings. The van der Waals surface area contributed by atoms with E-state index < -0.39 is 21.9 Å². The van der Waals surface area contributed by atoms with Gasteiger partial charge in [0.2, 0.25) is 10.0 Å². The topological polar surface area (TPSA) is 86.7 Å². The number of benzene rings is 1. The summed E-state index contributed by atoms with van der Waals surface area (Å²) in [5, 5.41) is 10.7. The molecule has 1 saturated heterocycles. The van der Waals surface area contributed by atoms with Gasteiger partial charge in [0.15, 0.2) is 0 Å². The van der Waals surface area contributed by atoms with E-state index in [0.717, 1.165) is 6.07 Å². The normalized spacial score (nSPS) is 21.2. The van der Waals surface area contributed by atoms with Crippen LogP contribution in [0.4, 0.5) is 14.9 Å². The second-order valence-corrected chi connectivity index (χ2v) is 7.16. The molecule has 1 heterocycles. The van der Waals surface area contributed by atoms with Gasteiger partial charge in [0.1, 0.15) is 5.82 Å². The van der Waals surface area contributed by atoms with Crippen LogP contribution in [0.5, 0.6) is 0 Å². The second-order valence-electron chi connectivity index (χ2n) is 5.07. The molecular formula is C14H17FN2O4S. The minimum Gasteiger partial charge on any atom is -0.465 e. The fourth-order valence-electron chi connectivity index (χ4n) is 2.52. The van der Waals surface area contributed by atoms with Crippen LogP contribution in [0.3, 0.4) is 0 Å². The smallest absolute Gasteiger partial charge is 0.409 e. The molecule has 2 N–H and O–H groups in total. The van der Waals surface area contributed by atoms with Crippen molar-refractivity contribution in [1.29, 1.82) is 0 Å². The maximum Gasteiger partial charge on any atom is 0.409 e. The maximum atomic E-state index is 14.2. The molecule has 1 aliphatic heterocycles. The summed E-state index contributed by atoms with van der Waals surface area (Å²) in [6.07, 6.45) is 0.558. The summed E-state index contributed by atoms with van der Waals surface area (Å²) in [4.78, 5) is 10.5. The number of nitrogens with one attached hydrogen (secondary N) is 1. The molecule has 1 unspecified atom stereocenters. The number of hydrogen-bond donors (Lipinski definition) is 2. The third-order valence-electron chi connectivity index (χ3n) is 3.57. The van der Waals surface area contributed by atoms with Crippen molar-refractivity contribution in [1.82, 2.24) is 4.31 Å². The third-order valence-corrected chi connectivity index (χ3v) is 5.40. The predicted octanol–water partition coefficient (Wildman–Crippen LogP) is 2.22. The van der Waals surface area contributed by atoms with Crippen molar-refractivity contribution in [3.63, 3.8) is 0 Å². The fourth-order valence-corrected chi connectivity index (χ4v) is 4.10. The standard InChI is InChI=1S/C14H17FN2O4S/c1-2-6-17-9-10(5-7-22(17,20)21)12-4-3-11(8-13(12)15)16-14(18)19/h2-4,8,10,16H,1,5-7,9H2,(H,18,19). The van der Waals surface area contributed by atoms with Gasteiger partial charge in [-0.3, -0.25) is 5.32 Å². The molecule has 120 valence electrons. The van der Waals surface area contributed by atoms with Gasteiger partial charge in [0.25, 0.3) is 0 Å². The second kappa shape index (κ2) is 6.45. The van der Waals surface area contributed by atoms with Crippen LogP contribution in [-0.4, -0.2) is 42.8 Å². The Labute approximate surface area is 128 Å². The fraction of sp³-hybridized carbons (Fsp3) is 0.357. The van der Waals surface area contributed by atoms with Gasteiger partial charge in [-0.15, -0.1) is 6.58 Å². The van der Waals surface area contributed by atoms with Crippen molar-refractivity contribution in [3.8, 4) is 0 Å². The van der Waals surface area contributed by atoms with Gasteiger partial charge in [0, 0.05) is 24.7 Å². The lowest BCUT2D eigenvalue weighted by molar-refractivity contribution is 0.209. The molecule has 1 amide bonds. The van der Waals surface area contributed by atoms with Gasteiger partial charge in [-0.05, 0) is 24.1 Å². The summed E-state index contributed by atoms with van der Waals surface area (Å²) < 4.78 is 39.3. The summed E-state index contributed by atoms with van der Waals surface area (Å²) in [6, 6.07) is 4.06. The first-order chi connectivity index (χ1) is 10.3. The Morgan fingerprint density at radius 1 is 1.55 bits per heavy atom. The molecule has 1 atom stereocenters. The Balaban J connectivity index is 2.21. The zero-order valence-electron chi connectivity index (χ0n) is 11.8. The molecule has 0 radical (unpaired) electrons. The molecule has 0 aromatic heterocycles. The number of anilines is 1. The molecule has 2 rings (SSSR count). The number of nitrogens with zero attached hydrogens (tertiary/aromatic N) is 1. The highest BCUT2D eigenvalue weighted by Gasteiger charge is 2.32. The quantitative estimate of drug-likeness (QED) is 0.830. The predicted molar refractivity (Wildman–Crippen MR) is 81.0 cm³/mol. The van der Waals surface area contributed by atoms with Crippen molar-refractivity contribution >= 4 is 21.8 Å². The molecule has 8 heteroatoms. The first kappa shape index (κ1) is 16.4. The highest BCUT2D eigenvalue weighted by molar-refractivity contribution is 7.89. The highest BCUT2D eigenvalue weighted by atomic mass is 32.2. The van der Waals surface area contributed by atoms with Gasteiger partial charge >= 0.3 is 6.09 Å². The number of rotatable bonds is 4. The Bertz CT molecular complexity index is 690. The number of hydrogen-bond acceptors (Lipinski definition) is 3. The summed E-state index contributed by atoms with van der Waals surface area (Å²) >= 11 is 0. The SMILES string of the molecule is C=CCN1CC(c2ccc(NC(=O)O)cc2F)CCS1(=O)=O. The Kier molecular flexibility index (Phi) is 4.82. The van der Waals surface area contributed by atoms with Gasteiger partial charge in [0.05, 0.1) is 5.75 Å². The lowest BCUT2D eigenvalue weighted by Gasteiger charge is -2.31. The minimum atomic E-state index is -3.31. The lowest BCUT2D eigenvalue weighted by Crippen LogP contribution is -2.41. The van der Waals surface area contributed by atoms with E-state index in [-0.39, 0.29) is 30.4 Å². The highest BCUT2D eigenvalue weighted by Crippen LogP contribution is 2.30. The zero-order chi connectivity index (χ0) is 16.3. The summed E-state index contributed by atoms with van der Waals surface area (Å²) in [5.41, 5.74) is 0.528. The van der Waals surface area contributed by atoms with Crippen molar-refractivity contribution in [2.24, 2.45) is 0 Å². The van der Waals surface area contributed by atoms with Crippen LogP contribution in [0, 0.1) is 5.82 Å². The zero-order valence-corrected chi connectivity index (χ0v) is 12.6. The van der Waals surface area contributed by atoms with Crippen molar-refractivity contribution in [2.45, 2.75) is 12.3 Å². The molecule has 0 bridgehead atoms. The van der Waals surface area contributed by atoms with E-state index in [1.165, 1.54) is 22.5 Å². The summed E-state index contributed by atoms with van der Waals surface area (Å²) in [5.74, 6) is -0.850. The van der Waals surface area contributed by atoms with Crippen molar-refractivity contribution in [3.05, 3.63) is 42.2 Å². The summed E-state index contributed by atoms with van der Waals surface area (Å²) in [6.45, 7) is 3.92. The van der Waals surface area contributed by atoms with E-state index in [4.69, 9.17) is 5.11 Å². The molecule has 1 aromatic carbocycles. The van der Waals surface area contributed by atoms with Crippen molar-refractivity contribution in [2.75, 3.05) is 24.2 Å². The van der Waals surface area contributed by atoms with E-state index >= 15 is 0 Å². The Hall–Kier alpha value is -1.93. The van der Waals surface area contributed by atoms with Gasteiger partial charge in [-0.1, -0.05) is 12.1 Å². The molecule has 0 spiro atoms. The van der Waals surface area contributed by atoms with E-state index in [1.807, 2.05) is 0 Å². The van der Waals surface area contributed by atoms with Gasteiger partial charge in [-0.25, -0.2) is 17.6 Å².